The van der Waals surface area contributed by atoms with Gasteiger partial charge in [-0.1, -0.05) is 6.92 Å². The summed E-state index contributed by atoms with van der Waals surface area (Å²) in [5.74, 6) is 0.792. The Bertz CT molecular complexity index is 3280. The summed E-state index contributed by atoms with van der Waals surface area (Å²) in [4.78, 5) is 79.2. The molecule has 8 atom stereocenters. The average Bonchev–Trinajstić information content (AvgIpc) is 1.72. The fourth-order valence-corrected chi connectivity index (χ4v) is 11.8. The van der Waals surface area contributed by atoms with Gasteiger partial charge in [0.1, 0.15) is 63.1 Å². The third-order valence-corrected chi connectivity index (χ3v) is 17.7. The summed E-state index contributed by atoms with van der Waals surface area (Å²) >= 11 is 4.29. The topological polar surface area (TPSA) is 436 Å². The van der Waals surface area contributed by atoms with Crippen LogP contribution in [0.3, 0.4) is 0 Å². The van der Waals surface area contributed by atoms with Crippen molar-refractivity contribution in [3.05, 3.63) is 0 Å². The minimum absolute atomic E-state index is 0.0877. The van der Waals surface area contributed by atoms with Crippen LogP contribution in [-0.2, 0) is 76.1 Å². The molecule has 0 saturated carbocycles. The van der Waals surface area contributed by atoms with Crippen LogP contribution in [-0.4, -0.2) is 310 Å². The van der Waals surface area contributed by atoms with E-state index in [4.69, 9.17) is 66.3 Å². The van der Waals surface area contributed by atoms with Crippen LogP contribution in [0.1, 0.15) is 137 Å². The van der Waals surface area contributed by atoms with Crippen LogP contribution in [0.25, 0.3) is 0 Å². The van der Waals surface area contributed by atoms with Crippen molar-refractivity contribution in [2.75, 3.05) is 177 Å². The third-order valence-electron chi connectivity index (χ3n) is 15.7. The highest BCUT2D eigenvalue weighted by Crippen LogP contribution is 2.31. The van der Waals surface area contributed by atoms with Crippen LogP contribution in [0.2, 0.25) is 0 Å². The number of nitrogens with zero attached hydrogens (tertiary/aromatic N) is 12. The Balaban J connectivity index is 0.000000268. The standard InChI is InChI=1S/C20H34N4O6S.C18H30N4O6S.2C16H28N4O5S/c1-6-7-16(25)29-14(2)19(26)30-15(12-21-20(3,4)5)13-28-18-17(22-31-23-18)24-8-10-27-11-9-24;1-12(27-13(2)23)17(24)28-14(10-19-18(3,4)5)11-26-16-15(20-29-21-16)22-6-8-25-9-7-22;2*1-11(21)15(22)25-12(9-17-16(2,3)4)10-24-14-13(18-26-19-14)20-5-7-23-8-6-20/h14-15,21H,6-13H2,1-5H3;12,14,19H,6-11H2,1-5H3;2*11-12,17,21H,5-10H2,1-4H3. The summed E-state index contributed by atoms with van der Waals surface area (Å²) in [6.07, 6.45) is -5.75. The Morgan fingerprint density at radius 1 is 0.384 bits per heavy atom. The first-order chi connectivity index (χ1) is 52.9. The molecule has 0 aromatic carbocycles. The van der Waals surface area contributed by atoms with Crippen molar-refractivity contribution in [3.63, 3.8) is 0 Å². The van der Waals surface area contributed by atoms with Crippen LogP contribution in [0.5, 0.6) is 23.5 Å². The number of aliphatic hydroxyl groups is 2. The van der Waals surface area contributed by atoms with Crippen LogP contribution in [0.15, 0.2) is 0 Å². The molecule has 0 spiro atoms. The van der Waals surface area contributed by atoms with Crippen molar-refractivity contribution in [2.24, 2.45) is 0 Å². The average molecular weight is 1670 g/mol. The smallest absolute Gasteiger partial charge is 0.347 e. The molecule has 4 aromatic heterocycles. The van der Waals surface area contributed by atoms with Gasteiger partial charge in [-0.3, -0.25) is 9.59 Å². The molecular weight excluding hydrogens is 1550 g/mol. The summed E-state index contributed by atoms with van der Waals surface area (Å²) in [5, 5.41) is 31.9. The summed E-state index contributed by atoms with van der Waals surface area (Å²) in [6.45, 7) is 45.8. The number of carbonyl (C=O) groups excluding carboxylic acids is 6. The molecule has 4 aliphatic heterocycles. The molecule has 636 valence electrons. The van der Waals surface area contributed by atoms with Gasteiger partial charge in [0.2, 0.25) is 23.3 Å². The number of aliphatic hydroxyl groups excluding tert-OH is 2. The van der Waals surface area contributed by atoms with E-state index in [-0.39, 0.29) is 55.0 Å². The lowest BCUT2D eigenvalue weighted by molar-refractivity contribution is -0.171. The normalized spacial score (nSPS) is 17.1. The Morgan fingerprint density at radius 2 is 0.616 bits per heavy atom. The monoisotopic (exact) mass is 1660 g/mol. The highest BCUT2D eigenvalue weighted by Gasteiger charge is 2.32. The molecule has 4 aromatic rings. The van der Waals surface area contributed by atoms with Crippen molar-refractivity contribution in [2.45, 2.75) is 208 Å². The Kier molecular flexibility index (Phi) is 41.4. The highest BCUT2D eigenvalue weighted by molar-refractivity contribution is 7.00. The number of anilines is 4. The molecule has 0 amide bonds. The zero-order chi connectivity index (χ0) is 82.6. The number of hydrogen-bond donors (Lipinski definition) is 6. The molecule has 8 heterocycles. The predicted molar refractivity (Wildman–Crippen MR) is 419 cm³/mol. The van der Waals surface area contributed by atoms with Gasteiger partial charge in [-0.15, -0.1) is 17.5 Å². The minimum Gasteiger partial charge on any atom is -0.470 e. The van der Waals surface area contributed by atoms with E-state index in [0.717, 1.165) is 73.1 Å². The van der Waals surface area contributed by atoms with E-state index in [1.807, 2.05) is 90.0 Å². The first-order valence-electron chi connectivity index (χ1n) is 37.5. The molecule has 8 rings (SSSR count). The van der Waals surface area contributed by atoms with E-state index < -0.39 is 84.6 Å². The van der Waals surface area contributed by atoms with Crippen molar-refractivity contribution >= 4 is 106 Å². The summed E-state index contributed by atoms with van der Waals surface area (Å²) in [6, 6.07) is 0. The molecule has 0 radical (unpaired) electrons. The van der Waals surface area contributed by atoms with Crippen molar-refractivity contribution in [1.82, 2.24) is 56.3 Å². The molecular formula is C70H120N16O22S4. The van der Waals surface area contributed by atoms with E-state index in [1.165, 1.54) is 34.6 Å². The Hall–Kier alpha value is -6.94. The van der Waals surface area contributed by atoms with Crippen LogP contribution in [0, 0.1) is 0 Å². The lowest BCUT2D eigenvalue weighted by Crippen LogP contribution is -2.45. The van der Waals surface area contributed by atoms with Crippen LogP contribution < -0.4 is 59.8 Å². The first-order valence-corrected chi connectivity index (χ1v) is 40.5. The molecule has 0 aliphatic carbocycles. The molecule has 8 unspecified atom stereocenters. The number of nitrogens with one attached hydrogen (secondary N) is 4. The zero-order valence-electron chi connectivity index (χ0n) is 68.1. The van der Waals surface area contributed by atoms with Gasteiger partial charge in [-0.2, -0.15) is 17.5 Å². The maximum absolute atomic E-state index is 12.5. The van der Waals surface area contributed by atoms with E-state index in [0.29, 0.717) is 158 Å². The van der Waals surface area contributed by atoms with Gasteiger partial charge >= 0.3 is 35.8 Å². The number of rotatable bonds is 36. The minimum atomic E-state index is -1.18. The molecule has 112 heavy (non-hydrogen) atoms. The molecule has 6 N–H and O–H groups in total. The third kappa shape index (κ3) is 38.0. The van der Waals surface area contributed by atoms with E-state index in [9.17, 15) is 39.0 Å². The summed E-state index contributed by atoms with van der Waals surface area (Å²) in [7, 11) is 0. The van der Waals surface area contributed by atoms with Gasteiger partial charge < -0.3 is 117 Å². The lowest BCUT2D eigenvalue weighted by Gasteiger charge is -2.28. The number of carbonyl (C=O) groups is 6. The second kappa shape index (κ2) is 48.4. The van der Waals surface area contributed by atoms with E-state index >= 15 is 0 Å². The highest BCUT2D eigenvalue weighted by atomic mass is 32.1. The van der Waals surface area contributed by atoms with Gasteiger partial charge in [0.05, 0.1) is 99.8 Å². The Morgan fingerprint density at radius 3 is 0.830 bits per heavy atom. The molecule has 0 bridgehead atoms. The second-order valence-electron chi connectivity index (χ2n) is 30.5. The largest absolute Gasteiger partial charge is 0.470 e. The maximum Gasteiger partial charge on any atom is 0.347 e. The molecule has 42 heteroatoms. The van der Waals surface area contributed by atoms with Crippen molar-refractivity contribution in [3.8, 4) is 23.5 Å². The maximum atomic E-state index is 12.5. The first kappa shape index (κ1) is 95.6. The fourth-order valence-electron chi connectivity index (χ4n) is 9.70. The van der Waals surface area contributed by atoms with E-state index in [1.54, 1.807) is 0 Å². The number of ether oxygens (including phenoxy) is 14. The molecule has 4 aliphatic rings. The van der Waals surface area contributed by atoms with Crippen molar-refractivity contribution in [1.29, 1.82) is 0 Å². The van der Waals surface area contributed by atoms with Gasteiger partial charge in [0.15, 0.2) is 12.2 Å². The zero-order valence-corrected chi connectivity index (χ0v) is 71.3. The number of morpholine rings is 4. The van der Waals surface area contributed by atoms with Gasteiger partial charge in [0, 0.05) is 114 Å². The number of hydrogen-bond acceptors (Lipinski definition) is 42. The fraction of sp³-hybridized carbons (Fsp3) is 0.800. The number of esters is 6. The molecule has 4 fully saturated rings. The molecule has 38 nitrogen and oxygen atoms in total. The summed E-state index contributed by atoms with van der Waals surface area (Å²) < 4.78 is 111. The van der Waals surface area contributed by atoms with Gasteiger partial charge in [-0.25, -0.2) is 19.2 Å². The lowest BCUT2D eigenvalue weighted by atomic mass is 10.1. The van der Waals surface area contributed by atoms with Crippen LogP contribution in [0.4, 0.5) is 23.3 Å². The summed E-state index contributed by atoms with van der Waals surface area (Å²) in [5.41, 5.74) is -0.633. The molecule has 4 saturated heterocycles. The predicted octanol–water partition coefficient (Wildman–Crippen LogP) is 3.66. The SMILES string of the molecule is CC(=O)OC(C)C(=O)OC(CNC(C)(C)C)COc1nsnc1N1CCOCC1.CC(O)C(=O)OC(CNC(C)(C)C)COc1nsnc1N1CCOCC1.CC(O)C(=O)OC(CNC(C)(C)C)COc1nsnc1N1CCOCC1.CCCC(=O)OC(C)C(=O)OC(CNC(C)(C)C)COc1nsnc1N1CCOCC1. The van der Waals surface area contributed by atoms with Crippen molar-refractivity contribution < 1.29 is 105 Å². The van der Waals surface area contributed by atoms with Gasteiger partial charge in [-0.05, 0) is 117 Å². The Labute approximate surface area is 673 Å². The number of aromatic nitrogens is 8. The van der Waals surface area contributed by atoms with Gasteiger partial charge in [0.25, 0.3) is 23.5 Å². The quantitative estimate of drug-likeness (QED) is 0.0279. The van der Waals surface area contributed by atoms with Crippen LogP contribution >= 0.6 is 46.9 Å². The van der Waals surface area contributed by atoms with E-state index in [2.05, 4.69) is 75.9 Å². The second-order valence-corrected chi connectivity index (χ2v) is 32.6.